The number of benzene rings is 2. The van der Waals surface area contributed by atoms with Crippen LogP contribution >= 0.6 is 0 Å². The highest BCUT2D eigenvalue weighted by Gasteiger charge is 2.53. The fourth-order valence-electron chi connectivity index (χ4n) is 4.24. The molecule has 9 nitrogen and oxygen atoms in total. The van der Waals surface area contributed by atoms with Gasteiger partial charge in [-0.3, -0.25) is 14.9 Å². The molecule has 2 N–H and O–H groups in total. The molecule has 3 heterocycles. The molecule has 1 saturated heterocycles. The van der Waals surface area contributed by atoms with Crippen molar-refractivity contribution in [3.05, 3.63) is 59.4 Å². The Balaban J connectivity index is 1.58. The van der Waals surface area contributed by atoms with Crippen LogP contribution in [0, 0.1) is 0 Å². The third-order valence-electron chi connectivity index (χ3n) is 5.73. The van der Waals surface area contributed by atoms with Crippen molar-refractivity contribution in [3.8, 4) is 5.75 Å². The van der Waals surface area contributed by atoms with E-state index < -0.39 is 17.5 Å². The Bertz CT molecular complexity index is 1230. The summed E-state index contributed by atoms with van der Waals surface area (Å²) in [5.41, 5.74) is 1.39. The van der Waals surface area contributed by atoms with E-state index >= 15 is 0 Å². The number of hydrogen-bond donors (Lipinski definition) is 2. The standard InChI is InChI=1S/C21H19N5O4/c1-25-16-6-4-3-5-15(16)22-18(25)21(19(28)23-20(29)24-21)11-26-10-12-7-8-13(30-2)9-14(12)17(26)27/h3-9H,10-11H2,1-2H3,(H2,23,24,28,29). The Morgan fingerprint density at radius 3 is 2.67 bits per heavy atom. The summed E-state index contributed by atoms with van der Waals surface area (Å²) in [6.07, 6.45) is 0. The molecule has 0 saturated carbocycles. The SMILES string of the molecule is COc1ccc2c(c1)C(=O)N(CC1(c3nc4ccccc4n3C)NC(=O)NC1=O)C2. The molecule has 2 aliphatic rings. The van der Waals surface area contributed by atoms with Gasteiger partial charge in [-0.05, 0) is 29.8 Å². The third-order valence-corrected chi connectivity index (χ3v) is 5.73. The molecular weight excluding hydrogens is 386 g/mol. The number of nitrogens with zero attached hydrogens (tertiary/aromatic N) is 3. The van der Waals surface area contributed by atoms with E-state index in [-0.39, 0.29) is 12.5 Å². The number of carbonyl (C=O) groups excluding carboxylic acids is 3. The molecule has 2 aliphatic heterocycles. The molecule has 152 valence electrons. The minimum Gasteiger partial charge on any atom is -0.497 e. The van der Waals surface area contributed by atoms with Gasteiger partial charge in [-0.2, -0.15) is 0 Å². The molecule has 0 bridgehead atoms. The van der Waals surface area contributed by atoms with E-state index in [0.29, 0.717) is 29.2 Å². The van der Waals surface area contributed by atoms with Gasteiger partial charge >= 0.3 is 6.03 Å². The molecule has 2 aromatic carbocycles. The highest BCUT2D eigenvalue weighted by Crippen LogP contribution is 2.33. The minimum atomic E-state index is -1.49. The number of hydrogen-bond acceptors (Lipinski definition) is 5. The van der Waals surface area contributed by atoms with Crippen molar-refractivity contribution in [2.45, 2.75) is 12.1 Å². The number of para-hydroxylation sites is 2. The number of nitrogens with one attached hydrogen (secondary N) is 2. The maximum Gasteiger partial charge on any atom is 0.322 e. The van der Waals surface area contributed by atoms with Gasteiger partial charge in [-0.1, -0.05) is 18.2 Å². The molecule has 9 heteroatoms. The van der Waals surface area contributed by atoms with Crippen LogP contribution in [0.15, 0.2) is 42.5 Å². The average molecular weight is 405 g/mol. The molecule has 1 unspecified atom stereocenters. The van der Waals surface area contributed by atoms with E-state index in [9.17, 15) is 14.4 Å². The van der Waals surface area contributed by atoms with Crippen molar-refractivity contribution >= 4 is 28.9 Å². The van der Waals surface area contributed by atoms with Gasteiger partial charge in [-0.15, -0.1) is 0 Å². The van der Waals surface area contributed by atoms with Crippen LogP contribution in [0.5, 0.6) is 5.75 Å². The lowest BCUT2D eigenvalue weighted by Crippen LogP contribution is -2.54. The van der Waals surface area contributed by atoms with Crippen LogP contribution in [0.3, 0.4) is 0 Å². The summed E-state index contributed by atoms with van der Waals surface area (Å²) in [5, 5.41) is 5.04. The zero-order chi connectivity index (χ0) is 21.0. The van der Waals surface area contributed by atoms with E-state index in [1.54, 1.807) is 28.6 Å². The number of urea groups is 1. The monoisotopic (exact) mass is 405 g/mol. The van der Waals surface area contributed by atoms with Crippen molar-refractivity contribution in [3.63, 3.8) is 0 Å². The van der Waals surface area contributed by atoms with Gasteiger partial charge in [-0.25, -0.2) is 9.78 Å². The molecule has 0 aliphatic carbocycles. The van der Waals surface area contributed by atoms with Gasteiger partial charge in [0.05, 0.1) is 24.7 Å². The number of aryl methyl sites for hydroxylation is 1. The maximum absolute atomic E-state index is 13.1. The van der Waals surface area contributed by atoms with Crippen LogP contribution in [0.25, 0.3) is 11.0 Å². The summed E-state index contributed by atoms with van der Waals surface area (Å²) >= 11 is 0. The lowest BCUT2D eigenvalue weighted by Gasteiger charge is -2.30. The number of carbonyl (C=O) groups is 3. The van der Waals surface area contributed by atoms with E-state index in [4.69, 9.17) is 4.74 Å². The second-order valence-electron chi connectivity index (χ2n) is 7.48. The molecule has 30 heavy (non-hydrogen) atoms. The first-order chi connectivity index (χ1) is 14.4. The Labute approximate surface area is 171 Å². The van der Waals surface area contributed by atoms with Crippen LogP contribution in [-0.2, 0) is 23.9 Å². The lowest BCUT2D eigenvalue weighted by atomic mass is 9.97. The number of amides is 4. The van der Waals surface area contributed by atoms with Crippen molar-refractivity contribution < 1.29 is 19.1 Å². The predicted octanol–water partition coefficient (Wildman–Crippen LogP) is 1.27. The topological polar surface area (TPSA) is 106 Å². The number of rotatable bonds is 4. The maximum atomic E-state index is 13.1. The molecule has 5 rings (SSSR count). The summed E-state index contributed by atoms with van der Waals surface area (Å²) in [7, 11) is 3.33. The van der Waals surface area contributed by atoms with Gasteiger partial charge in [0.2, 0.25) is 0 Å². The molecule has 1 aromatic heterocycles. The van der Waals surface area contributed by atoms with Gasteiger partial charge in [0.15, 0.2) is 5.54 Å². The summed E-state index contributed by atoms with van der Waals surface area (Å²) < 4.78 is 7.00. The number of imide groups is 1. The van der Waals surface area contributed by atoms with E-state index in [1.807, 2.05) is 30.3 Å². The second kappa shape index (κ2) is 6.31. The molecule has 3 aromatic rings. The molecule has 4 amide bonds. The van der Waals surface area contributed by atoms with Crippen molar-refractivity contribution in [2.75, 3.05) is 13.7 Å². The van der Waals surface area contributed by atoms with E-state index in [0.717, 1.165) is 11.1 Å². The smallest absolute Gasteiger partial charge is 0.322 e. The minimum absolute atomic E-state index is 0.0441. The second-order valence-corrected chi connectivity index (χ2v) is 7.48. The highest BCUT2D eigenvalue weighted by molar-refractivity contribution is 6.08. The quantitative estimate of drug-likeness (QED) is 0.636. The third kappa shape index (κ3) is 2.48. The van der Waals surface area contributed by atoms with Gasteiger partial charge in [0.1, 0.15) is 11.6 Å². The normalized spacial score (nSPS) is 20.5. The van der Waals surface area contributed by atoms with Gasteiger partial charge < -0.3 is 19.5 Å². The number of fused-ring (bicyclic) bond motifs is 2. The molecule has 0 radical (unpaired) electrons. The van der Waals surface area contributed by atoms with Gasteiger partial charge in [0, 0.05) is 19.2 Å². The van der Waals surface area contributed by atoms with E-state index in [1.165, 1.54) is 7.11 Å². The fourth-order valence-corrected chi connectivity index (χ4v) is 4.24. The molecule has 1 fully saturated rings. The lowest BCUT2D eigenvalue weighted by molar-refractivity contribution is -0.125. The molecule has 0 spiro atoms. The summed E-state index contributed by atoms with van der Waals surface area (Å²) in [6, 6.07) is 12.2. The van der Waals surface area contributed by atoms with Gasteiger partial charge in [0.25, 0.3) is 11.8 Å². The zero-order valence-electron chi connectivity index (χ0n) is 16.4. The van der Waals surface area contributed by atoms with Crippen molar-refractivity contribution in [1.29, 1.82) is 0 Å². The van der Waals surface area contributed by atoms with Crippen molar-refractivity contribution in [1.82, 2.24) is 25.1 Å². The number of aromatic nitrogens is 2. The van der Waals surface area contributed by atoms with Crippen LogP contribution in [-0.4, -0.2) is 46.0 Å². The Hall–Kier alpha value is -3.88. The summed E-state index contributed by atoms with van der Waals surface area (Å²) in [6.45, 7) is 0.282. The van der Waals surface area contributed by atoms with Crippen molar-refractivity contribution in [2.24, 2.45) is 7.05 Å². The predicted molar refractivity (Wildman–Crippen MR) is 107 cm³/mol. The summed E-state index contributed by atoms with van der Waals surface area (Å²) in [5.74, 6) is 0.192. The first kappa shape index (κ1) is 18.2. The molecular formula is C21H19N5O4. The number of imidazole rings is 1. The Morgan fingerprint density at radius 2 is 1.97 bits per heavy atom. The fraction of sp³-hybridized carbons (Fsp3) is 0.238. The van der Waals surface area contributed by atoms with Crippen LogP contribution in [0.1, 0.15) is 21.7 Å². The zero-order valence-corrected chi connectivity index (χ0v) is 16.4. The first-order valence-electron chi connectivity index (χ1n) is 9.44. The number of methoxy groups -OCH3 is 1. The largest absolute Gasteiger partial charge is 0.497 e. The first-order valence-corrected chi connectivity index (χ1v) is 9.44. The van der Waals surface area contributed by atoms with Crippen LogP contribution < -0.4 is 15.4 Å². The van der Waals surface area contributed by atoms with E-state index in [2.05, 4.69) is 15.6 Å². The van der Waals surface area contributed by atoms with Crippen LogP contribution in [0.4, 0.5) is 4.79 Å². The molecule has 1 atom stereocenters. The summed E-state index contributed by atoms with van der Waals surface area (Å²) in [4.78, 5) is 44.4. The Morgan fingerprint density at radius 1 is 1.17 bits per heavy atom. The Kier molecular flexibility index (Phi) is 3.82. The van der Waals surface area contributed by atoms with Crippen LogP contribution in [0.2, 0.25) is 0 Å². The number of ether oxygens (including phenoxy) is 1. The average Bonchev–Trinajstić information content (AvgIpc) is 3.34. The highest BCUT2D eigenvalue weighted by atomic mass is 16.5.